The molecule has 0 heterocycles. The first-order valence-electron chi connectivity index (χ1n) is 6.64. The van der Waals surface area contributed by atoms with Gasteiger partial charge in [-0.15, -0.1) is 0 Å². The fourth-order valence-electron chi connectivity index (χ4n) is 1.48. The molecule has 0 atom stereocenters. The zero-order valence-electron chi connectivity index (χ0n) is 13.3. The van der Waals surface area contributed by atoms with Crippen molar-refractivity contribution in [3.63, 3.8) is 0 Å². The van der Waals surface area contributed by atoms with Gasteiger partial charge in [-0.1, -0.05) is 0 Å². The largest absolute Gasteiger partial charge is 0.453 e. The Balaban J connectivity index is 2.93. The van der Waals surface area contributed by atoms with Crippen LogP contribution in [0.1, 0.15) is 31.1 Å². The number of nitrogens with one attached hydrogen (secondary N) is 1. The second kappa shape index (κ2) is 8.25. The van der Waals surface area contributed by atoms with Crippen molar-refractivity contribution in [3.8, 4) is 0 Å². The Bertz CT molecular complexity index is 608. The maximum Gasteiger partial charge on any atom is 0.397 e. The van der Waals surface area contributed by atoms with E-state index in [9.17, 15) is 14.4 Å². The van der Waals surface area contributed by atoms with Crippen molar-refractivity contribution in [3.05, 3.63) is 27.3 Å². The number of hydrogen-bond donors (Lipinski definition) is 1. The topological polar surface area (TPSA) is 90.9 Å². The van der Waals surface area contributed by atoms with Gasteiger partial charge in [-0.05, 0) is 61.6 Å². The van der Waals surface area contributed by atoms with Gasteiger partial charge in [0.2, 0.25) is 0 Å². The molecule has 0 aliphatic carbocycles. The number of benzene rings is 1. The number of amides is 1. The van der Waals surface area contributed by atoms with E-state index in [0.29, 0.717) is 0 Å². The van der Waals surface area contributed by atoms with Crippen molar-refractivity contribution in [2.75, 3.05) is 19.2 Å². The molecular weight excluding hydrogens is 417 g/mol. The van der Waals surface area contributed by atoms with Gasteiger partial charge in [0, 0.05) is 10.7 Å². The first-order valence-corrected chi connectivity index (χ1v) is 7.72. The lowest BCUT2D eigenvalue weighted by Gasteiger charge is -2.19. The molecule has 1 rings (SSSR count). The van der Waals surface area contributed by atoms with Crippen LogP contribution in [0.2, 0.25) is 0 Å². The molecule has 126 valence electrons. The van der Waals surface area contributed by atoms with Gasteiger partial charge < -0.3 is 19.5 Å². The van der Waals surface area contributed by atoms with E-state index in [4.69, 9.17) is 9.47 Å². The summed E-state index contributed by atoms with van der Waals surface area (Å²) in [5, 5.41) is 2.36. The summed E-state index contributed by atoms with van der Waals surface area (Å²) in [6.45, 7) is 4.73. The summed E-state index contributed by atoms with van der Waals surface area (Å²) in [4.78, 5) is 35.6. The molecule has 0 aliphatic heterocycles. The van der Waals surface area contributed by atoms with E-state index < -0.39 is 23.4 Å². The average molecular weight is 435 g/mol. The van der Waals surface area contributed by atoms with Crippen LogP contribution in [0.4, 0.5) is 5.69 Å². The number of hydrogen-bond acceptors (Lipinski definition) is 6. The molecule has 0 saturated heterocycles. The number of methoxy groups -OCH3 is 1. The van der Waals surface area contributed by atoms with Gasteiger partial charge >= 0.3 is 17.8 Å². The van der Waals surface area contributed by atoms with Crippen molar-refractivity contribution in [1.82, 2.24) is 0 Å². The Morgan fingerprint density at radius 2 is 1.87 bits per heavy atom. The smallest absolute Gasteiger partial charge is 0.397 e. The van der Waals surface area contributed by atoms with Crippen molar-refractivity contribution >= 4 is 46.1 Å². The minimum atomic E-state index is -1.03. The van der Waals surface area contributed by atoms with E-state index in [1.165, 1.54) is 19.2 Å². The molecule has 0 aromatic heterocycles. The van der Waals surface area contributed by atoms with Crippen LogP contribution in [0.5, 0.6) is 0 Å². The molecule has 0 aliphatic rings. The summed E-state index contributed by atoms with van der Waals surface area (Å²) >= 11 is 2.01. The predicted molar refractivity (Wildman–Crippen MR) is 90.9 cm³/mol. The lowest BCUT2D eigenvalue weighted by molar-refractivity contribution is -0.161. The summed E-state index contributed by atoms with van der Waals surface area (Å²) in [5.74, 6) is -2.68. The SMILES string of the molecule is COCOC(=O)c1cc(I)ccc1NC(=O)C(=O)OC(C)(C)C. The van der Waals surface area contributed by atoms with Gasteiger partial charge in [-0.25, -0.2) is 9.59 Å². The second-order valence-electron chi connectivity index (χ2n) is 5.48. The fourth-order valence-corrected chi connectivity index (χ4v) is 1.97. The second-order valence-corrected chi connectivity index (χ2v) is 6.73. The molecule has 0 spiro atoms. The molecule has 1 N–H and O–H groups in total. The number of halogens is 1. The van der Waals surface area contributed by atoms with E-state index in [0.717, 1.165) is 3.57 Å². The molecule has 1 aromatic rings. The van der Waals surface area contributed by atoms with Crippen LogP contribution >= 0.6 is 22.6 Å². The number of esters is 2. The van der Waals surface area contributed by atoms with E-state index >= 15 is 0 Å². The lowest BCUT2D eigenvalue weighted by atomic mass is 10.1. The highest BCUT2D eigenvalue weighted by Crippen LogP contribution is 2.20. The first-order chi connectivity index (χ1) is 10.6. The highest BCUT2D eigenvalue weighted by Gasteiger charge is 2.24. The number of anilines is 1. The Kier molecular flexibility index (Phi) is 6.95. The van der Waals surface area contributed by atoms with Gasteiger partial charge in [-0.3, -0.25) is 4.79 Å². The third kappa shape index (κ3) is 6.53. The molecule has 1 amide bonds. The van der Waals surface area contributed by atoms with E-state index in [1.807, 2.05) is 22.6 Å². The first kappa shape index (κ1) is 19.4. The number of carbonyl (C=O) groups is 3. The summed E-state index contributed by atoms with van der Waals surface area (Å²) in [7, 11) is 1.38. The summed E-state index contributed by atoms with van der Waals surface area (Å²) in [6.07, 6.45) is 0. The third-order valence-corrected chi connectivity index (χ3v) is 3.01. The maximum atomic E-state index is 12.0. The van der Waals surface area contributed by atoms with Crippen LogP contribution in [0.3, 0.4) is 0 Å². The number of rotatable bonds is 4. The minimum Gasteiger partial charge on any atom is -0.453 e. The van der Waals surface area contributed by atoms with Crippen LogP contribution in [-0.2, 0) is 23.8 Å². The quantitative estimate of drug-likeness (QED) is 0.338. The zero-order valence-corrected chi connectivity index (χ0v) is 15.4. The van der Waals surface area contributed by atoms with Gasteiger partial charge in [0.15, 0.2) is 6.79 Å². The van der Waals surface area contributed by atoms with Crippen LogP contribution < -0.4 is 5.32 Å². The average Bonchev–Trinajstić information content (AvgIpc) is 2.44. The van der Waals surface area contributed by atoms with Crippen LogP contribution in [-0.4, -0.2) is 37.3 Å². The molecular formula is C15H18INO6. The van der Waals surface area contributed by atoms with Crippen LogP contribution in [0.15, 0.2) is 18.2 Å². The molecule has 23 heavy (non-hydrogen) atoms. The van der Waals surface area contributed by atoms with Crippen LogP contribution in [0, 0.1) is 3.57 Å². The molecule has 7 nitrogen and oxygen atoms in total. The summed E-state index contributed by atoms with van der Waals surface area (Å²) in [5.41, 5.74) is -0.519. The normalized spacial score (nSPS) is 10.8. The van der Waals surface area contributed by atoms with Crippen molar-refractivity contribution < 1.29 is 28.6 Å². The monoisotopic (exact) mass is 435 g/mol. The van der Waals surface area contributed by atoms with Crippen molar-refractivity contribution in [2.24, 2.45) is 0 Å². The van der Waals surface area contributed by atoms with Crippen molar-refractivity contribution in [2.45, 2.75) is 26.4 Å². The summed E-state index contributed by atoms with van der Waals surface area (Å²) < 4.78 is 15.3. The van der Waals surface area contributed by atoms with E-state index in [-0.39, 0.29) is 18.0 Å². The Morgan fingerprint density at radius 3 is 2.43 bits per heavy atom. The van der Waals surface area contributed by atoms with Gasteiger partial charge in [0.05, 0.1) is 11.3 Å². The van der Waals surface area contributed by atoms with Crippen molar-refractivity contribution in [1.29, 1.82) is 0 Å². The maximum absolute atomic E-state index is 12.0. The number of ether oxygens (including phenoxy) is 3. The molecule has 0 bridgehead atoms. The molecule has 8 heteroatoms. The molecule has 0 fully saturated rings. The molecule has 0 radical (unpaired) electrons. The standard InChI is InChI=1S/C15H18INO6/c1-15(2,3)23-14(20)12(18)17-11-6-5-9(16)7-10(11)13(19)22-8-21-4/h5-7H,8H2,1-4H3,(H,17,18). The molecule has 1 aromatic carbocycles. The van der Waals surface area contributed by atoms with Gasteiger partial charge in [0.25, 0.3) is 0 Å². The number of carbonyl (C=O) groups excluding carboxylic acids is 3. The zero-order chi connectivity index (χ0) is 17.6. The van der Waals surface area contributed by atoms with Crippen LogP contribution in [0.25, 0.3) is 0 Å². The van der Waals surface area contributed by atoms with E-state index in [2.05, 4.69) is 10.1 Å². The molecule has 0 unspecified atom stereocenters. The van der Waals surface area contributed by atoms with E-state index in [1.54, 1.807) is 26.8 Å². The summed E-state index contributed by atoms with van der Waals surface area (Å²) in [6, 6.07) is 4.72. The molecule has 0 saturated carbocycles. The lowest BCUT2D eigenvalue weighted by Crippen LogP contribution is -2.33. The van der Waals surface area contributed by atoms with Gasteiger partial charge in [0.1, 0.15) is 5.60 Å². The third-order valence-electron chi connectivity index (χ3n) is 2.34. The Morgan fingerprint density at radius 1 is 1.22 bits per heavy atom. The predicted octanol–water partition coefficient (Wildman–Crippen LogP) is 2.33. The Hall–Kier alpha value is -1.68. The minimum absolute atomic E-state index is 0.117. The highest BCUT2D eigenvalue weighted by molar-refractivity contribution is 14.1. The highest BCUT2D eigenvalue weighted by atomic mass is 127. The fraction of sp³-hybridized carbons (Fsp3) is 0.400. The van der Waals surface area contributed by atoms with Gasteiger partial charge in [-0.2, -0.15) is 0 Å². The Labute approximate surface area is 147 Å².